The van der Waals surface area contributed by atoms with E-state index in [9.17, 15) is 22.8 Å². The molecule has 210 valence electrons. The van der Waals surface area contributed by atoms with Crippen LogP contribution in [0.15, 0.2) is 65.7 Å². The number of likely N-dealkylation sites (tertiary alicyclic amines) is 2. The summed E-state index contributed by atoms with van der Waals surface area (Å²) in [6.07, 6.45) is 3.23. The van der Waals surface area contributed by atoms with E-state index in [-0.39, 0.29) is 35.7 Å². The fourth-order valence-electron chi connectivity index (χ4n) is 5.26. The Bertz CT molecular complexity index is 1550. The average molecular weight is 584 g/mol. The zero-order chi connectivity index (χ0) is 28.4. The van der Waals surface area contributed by atoms with Crippen LogP contribution < -0.4 is 10.0 Å². The Hall–Kier alpha value is -3.54. The number of amides is 3. The van der Waals surface area contributed by atoms with Crippen LogP contribution in [0, 0.1) is 0 Å². The quantitative estimate of drug-likeness (QED) is 0.440. The van der Waals surface area contributed by atoms with Gasteiger partial charge in [-0.2, -0.15) is 4.72 Å². The number of benzene rings is 2. The molecule has 10 nitrogen and oxygen atoms in total. The molecule has 1 aromatic heterocycles. The second kappa shape index (κ2) is 11.5. The van der Waals surface area contributed by atoms with Crippen LogP contribution in [-0.2, 0) is 19.6 Å². The molecular formula is C28H30ClN5O5S. The molecule has 3 aromatic rings. The summed E-state index contributed by atoms with van der Waals surface area (Å²) >= 11 is 6.02. The van der Waals surface area contributed by atoms with E-state index in [1.807, 2.05) is 0 Å². The molecule has 5 rings (SSSR count). The van der Waals surface area contributed by atoms with Crippen LogP contribution in [0.5, 0.6) is 0 Å². The molecule has 2 aliphatic rings. The van der Waals surface area contributed by atoms with E-state index in [1.165, 1.54) is 17.0 Å². The van der Waals surface area contributed by atoms with Crippen molar-refractivity contribution in [2.24, 2.45) is 0 Å². The monoisotopic (exact) mass is 583 g/mol. The number of sulfonamides is 1. The van der Waals surface area contributed by atoms with Gasteiger partial charge in [0.25, 0.3) is 5.91 Å². The maximum absolute atomic E-state index is 13.4. The van der Waals surface area contributed by atoms with Crippen molar-refractivity contribution in [1.82, 2.24) is 24.8 Å². The van der Waals surface area contributed by atoms with E-state index < -0.39 is 28.0 Å². The van der Waals surface area contributed by atoms with E-state index in [0.717, 1.165) is 11.8 Å². The number of nitrogens with one attached hydrogen (secondary N) is 2. The van der Waals surface area contributed by atoms with Crippen molar-refractivity contribution in [1.29, 1.82) is 0 Å². The fraction of sp³-hybridized carbons (Fsp3) is 0.357. The van der Waals surface area contributed by atoms with Gasteiger partial charge < -0.3 is 15.1 Å². The van der Waals surface area contributed by atoms with Gasteiger partial charge in [-0.1, -0.05) is 29.8 Å². The minimum absolute atomic E-state index is 0.0461. The second-order valence-electron chi connectivity index (χ2n) is 10.1. The maximum atomic E-state index is 13.4. The van der Waals surface area contributed by atoms with Crippen molar-refractivity contribution in [3.8, 4) is 0 Å². The van der Waals surface area contributed by atoms with Gasteiger partial charge >= 0.3 is 0 Å². The third kappa shape index (κ3) is 5.96. The fourth-order valence-corrected chi connectivity index (χ4v) is 6.70. The van der Waals surface area contributed by atoms with Gasteiger partial charge in [-0.15, -0.1) is 0 Å². The number of aromatic nitrogens is 1. The number of halogens is 1. The number of fused-ring (bicyclic) bond motifs is 1. The number of pyridine rings is 1. The Labute approximate surface area is 237 Å². The third-order valence-corrected chi connectivity index (χ3v) is 9.12. The van der Waals surface area contributed by atoms with E-state index in [4.69, 9.17) is 11.6 Å². The number of carbonyl (C=O) groups is 3. The normalized spacial score (nSPS) is 20.5. The van der Waals surface area contributed by atoms with Gasteiger partial charge in [-0.05, 0) is 73.4 Å². The largest absolute Gasteiger partial charge is 0.346 e. The lowest BCUT2D eigenvalue weighted by molar-refractivity contribution is -0.144. The van der Waals surface area contributed by atoms with Crippen LogP contribution in [0.4, 0.5) is 0 Å². The van der Waals surface area contributed by atoms with Crippen molar-refractivity contribution in [2.45, 2.75) is 49.2 Å². The summed E-state index contributed by atoms with van der Waals surface area (Å²) in [5.74, 6) is -0.969. The smallest absolute Gasteiger partial charge is 0.270 e. The highest BCUT2D eigenvalue weighted by molar-refractivity contribution is 7.89. The van der Waals surface area contributed by atoms with Gasteiger partial charge in [0.2, 0.25) is 21.8 Å². The molecule has 3 atom stereocenters. The van der Waals surface area contributed by atoms with E-state index in [1.54, 1.807) is 60.5 Å². The zero-order valence-electron chi connectivity index (χ0n) is 21.9. The molecule has 0 spiro atoms. The number of hydrogen-bond acceptors (Lipinski definition) is 6. The molecule has 0 bridgehead atoms. The summed E-state index contributed by atoms with van der Waals surface area (Å²) in [7, 11) is -3.98. The molecule has 0 radical (unpaired) electrons. The van der Waals surface area contributed by atoms with Crippen LogP contribution >= 0.6 is 11.6 Å². The van der Waals surface area contributed by atoms with Gasteiger partial charge in [0.05, 0.1) is 4.90 Å². The maximum Gasteiger partial charge on any atom is 0.270 e. The first-order valence-corrected chi connectivity index (χ1v) is 15.0. The molecule has 3 amide bonds. The van der Waals surface area contributed by atoms with Gasteiger partial charge in [0.15, 0.2) is 0 Å². The first-order valence-electron chi connectivity index (χ1n) is 13.2. The molecule has 3 heterocycles. The molecular weight excluding hydrogens is 554 g/mol. The molecule has 1 unspecified atom stereocenters. The minimum atomic E-state index is -3.98. The number of hydrogen-bond donors (Lipinski definition) is 2. The third-order valence-electron chi connectivity index (χ3n) is 7.41. The summed E-state index contributed by atoms with van der Waals surface area (Å²) in [4.78, 5) is 46.3. The number of piperidine rings is 1. The Morgan fingerprint density at radius 1 is 1.05 bits per heavy atom. The SMILES string of the molecule is C[C@@H](C(=O)N1CCCC(NC(=O)c2ccccn2)C1)N1CC[C@H](NS(=O)(=O)c2ccc3cc(Cl)ccc3c2)C1=O. The van der Waals surface area contributed by atoms with Crippen LogP contribution in [0.25, 0.3) is 10.8 Å². The molecule has 2 aliphatic heterocycles. The average Bonchev–Trinajstić information content (AvgIpc) is 3.31. The van der Waals surface area contributed by atoms with Crippen LogP contribution in [0.2, 0.25) is 5.02 Å². The highest BCUT2D eigenvalue weighted by Gasteiger charge is 2.40. The summed E-state index contributed by atoms with van der Waals surface area (Å²) < 4.78 is 28.7. The molecule has 0 saturated carbocycles. The highest BCUT2D eigenvalue weighted by atomic mass is 35.5. The molecule has 2 aromatic carbocycles. The number of rotatable bonds is 7. The Morgan fingerprint density at radius 2 is 1.82 bits per heavy atom. The van der Waals surface area contributed by atoms with Crippen molar-refractivity contribution in [3.05, 3.63) is 71.5 Å². The van der Waals surface area contributed by atoms with Gasteiger partial charge in [-0.3, -0.25) is 19.4 Å². The summed E-state index contributed by atoms with van der Waals surface area (Å²) in [5.41, 5.74) is 0.309. The molecule has 2 N–H and O–H groups in total. The van der Waals surface area contributed by atoms with Crippen molar-refractivity contribution in [2.75, 3.05) is 19.6 Å². The standard InChI is InChI=1S/C28H30ClN5O5S/c1-18(27(36)33-13-4-5-22(17-33)31-26(35)24-6-2-3-12-30-24)34-14-11-25(28(34)37)32-40(38,39)23-10-8-19-15-21(29)9-7-20(19)16-23/h2-3,6-10,12,15-16,18,22,25,32H,4-5,11,13-14,17H2,1H3,(H,31,35)/t18-,22?,25-/m0/s1. The van der Waals surface area contributed by atoms with Crippen LogP contribution in [-0.4, -0.2) is 78.7 Å². The predicted octanol–water partition coefficient (Wildman–Crippen LogP) is 2.58. The second-order valence-corrected chi connectivity index (χ2v) is 12.3. The summed E-state index contributed by atoms with van der Waals surface area (Å²) in [6, 6.07) is 13.0. The predicted molar refractivity (Wildman–Crippen MR) is 150 cm³/mol. The molecule has 2 fully saturated rings. The number of carbonyl (C=O) groups excluding carboxylic acids is 3. The van der Waals surface area contributed by atoms with E-state index >= 15 is 0 Å². The Kier molecular flexibility index (Phi) is 8.07. The Balaban J connectivity index is 1.20. The minimum Gasteiger partial charge on any atom is -0.346 e. The van der Waals surface area contributed by atoms with Gasteiger partial charge in [0, 0.05) is 36.9 Å². The molecule has 2 saturated heterocycles. The Morgan fingerprint density at radius 3 is 2.60 bits per heavy atom. The van der Waals surface area contributed by atoms with Gasteiger partial charge in [0.1, 0.15) is 17.8 Å². The summed E-state index contributed by atoms with van der Waals surface area (Å²) in [5, 5.41) is 5.01. The highest BCUT2D eigenvalue weighted by Crippen LogP contribution is 2.24. The first-order chi connectivity index (χ1) is 19.1. The van der Waals surface area contributed by atoms with Crippen molar-refractivity contribution < 1.29 is 22.8 Å². The molecule has 40 heavy (non-hydrogen) atoms. The molecule has 0 aliphatic carbocycles. The molecule has 12 heteroatoms. The van der Waals surface area contributed by atoms with Crippen molar-refractivity contribution >= 4 is 50.1 Å². The summed E-state index contributed by atoms with van der Waals surface area (Å²) in [6.45, 7) is 2.75. The topological polar surface area (TPSA) is 129 Å². The zero-order valence-corrected chi connectivity index (χ0v) is 23.5. The van der Waals surface area contributed by atoms with E-state index in [2.05, 4.69) is 15.0 Å². The lowest BCUT2D eigenvalue weighted by atomic mass is 10.0. The lowest BCUT2D eigenvalue weighted by Crippen LogP contribution is -2.55. The lowest BCUT2D eigenvalue weighted by Gasteiger charge is -2.36. The number of nitrogens with zero attached hydrogens (tertiary/aromatic N) is 3. The van der Waals surface area contributed by atoms with Crippen molar-refractivity contribution in [3.63, 3.8) is 0 Å². The van der Waals surface area contributed by atoms with Crippen LogP contribution in [0.1, 0.15) is 36.7 Å². The van der Waals surface area contributed by atoms with E-state index in [0.29, 0.717) is 35.6 Å². The van der Waals surface area contributed by atoms with Gasteiger partial charge in [-0.25, -0.2) is 8.42 Å². The van der Waals surface area contributed by atoms with Crippen LogP contribution in [0.3, 0.4) is 0 Å². The first kappa shape index (κ1) is 28.0.